The van der Waals surface area contributed by atoms with E-state index in [-0.39, 0.29) is 22.8 Å². The number of hydrogen-bond donors (Lipinski definition) is 1. The van der Waals surface area contributed by atoms with Gasteiger partial charge in [0.2, 0.25) is 0 Å². The molecule has 1 aromatic carbocycles. The summed E-state index contributed by atoms with van der Waals surface area (Å²) in [6.07, 6.45) is 0. The summed E-state index contributed by atoms with van der Waals surface area (Å²) in [5, 5.41) is 9.73. The fourth-order valence-corrected chi connectivity index (χ4v) is 1.26. The van der Waals surface area contributed by atoms with E-state index < -0.39 is 0 Å². The van der Waals surface area contributed by atoms with Gasteiger partial charge in [0.05, 0.1) is 0 Å². The van der Waals surface area contributed by atoms with Crippen LogP contribution in [-0.4, -0.2) is 22.5 Å². The van der Waals surface area contributed by atoms with Crippen molar-refractivity contribution >= 4 is 17.4 Å². The standard InChI is InChI=1S/C11H16O.Al.3H/c1-8-6-5-7-9(10(8)12)11(2,3)4;;;;/h5-7,12H,1-4H3;;;;. The third kappa shape index (κ3) is 2.76. The second-order valence-electron chi connectivity index (χ2n) is 4.22. The molecule has 0 atom stereocenters. The Kier molecular flexibility index (Phi) is 4.03. The van der Waals surface area contributed by atoms with Crippen LogP contribution in [0, 0.1) is 6.92 Å². The zero-order chi connectivity index (χ0) is 9.35. The van der Waals surface area contributed by atoms with Crippen molar-refractivity contribution in [2.75, 3.05) is 0 Å². The largest absolute Gasteiger partial charge is 0.507 e. The first-order valence-electron chi connectivity index (χ1n) is 4.22. The van der Waals surface area contributed by atoms with Gasteiger partial charge >= 0.3 is 0 Å². The zero-order valence-corrected chi connectivity index (χ0v) is 8.18. The van der Waals surface area contributed by atoms with Crippen LogP contribution in [0.2, 0.25) is 0 Å². The molecule has 0 aliphatic rings. The van der Waals surface area contributed by atoms with Gasteiger partial charge in [-0.1, -0.05) is 39.0 Å². The van der Waals surface area contributed by atoms with Crippen molar-refractivity contribution < 1.29 is 5.11 Å². The van der Waals surface area contributed by atoms with Crippen LogP contribution in [0.25, 0.3) is 0 Å². The monoisotopic (exact) mass is 194 g/mol. The van der Waals surface area contributed by atoms with Crippen LogP contribution in [0.5, 0.6) is 5.75 Å². The Bertz CT molecular complexity index is 287. The smallest absolute Gasteiger partial charge is 0.187 e. The van der Waals surface area contributed by atoms with Crippen molar-refractivity contribution in [1.29, 1.82) is 0 Å². The molecule has 0 heterocycles. The Hall–Kier alpha value is -0.448. The third-order valence-corrected chi connectivity index (χ3v) is 2.05. The van der Waals surface area contributed by atoms with Gasteiger partial charge in [-0.05, 0) is 23.5 Å². The molecular weight excluding hydrogens is 175 g/mol. The highest BCUT2D eigenvalue weighted by Gasteiger charge is 2.17. The Balaban J connectivity index is 0.00000144. The van der Waals surface area contributed by atoms with E-state index in [1.807, 2.05) is 25.1 Å². The number of rotatable bonds is 0. The van der Waals surface area contributed by atoms with E-state index >= 15 is 0 Å². The van der Waals surface area contributed by atoms with E-state index in [0.717, 1.165) is 11.1 Å². The molecule has 1 aromatic rings. The van der Waals surface area contributed by atoms with Crippen LogP contribution in [0.4, 0.5) is 0 Å². The summed E-state index contributed by atoms with van der Waals surface area (Å²) in [6, 6.07) is 5.88. The average Bonchev–Trinajstić information content (AvgIpc) is 1.92. The van der Waals surface area contributed by atoms with Gasteiger partial charge in [0.1, 0.15) is 5.75 Å². The maximum atomic E-state index is 9.73. The number of aromatic hydroxyl groups is 1. The van der Waals surface area contributed by atoms with Crippen molar-refractivity contribution in [2.24, 2.45) is 0 Å². The second-order valence-corrected chi connectivity index (χ2v) is 4.22. The summed E-state index contributed by atoms with van der Waals surface area (Å²) in [5.74, 6) is 0.435. The van der Waals surface area contributed by atoms with E-state index in [2.05, 4.69) is 20.8 Å². The Morgan fingerprint density at radius 1 is 1.15 bits per heavy atom. The minimum Gasteiger partial charge on any atom is -0.507 e. The molecule has 2 heteroatoms. The van der Waals surface area contributed by atoms with Crippen molar-refractivity contribution in [3.05, 3.63) is 29.3 Å². The van der Waals surface area contributed by atoms with Crippen LogP contribution in [0.15, 0.2) is 18.2 Å². The SMILES string of the molecule is Cc1cccc(C(C)(C)C)c1O.[AlH3]. The molecule has 0 saturated heterocycles. The molecule has 0 radical (unpaired) electrons. The number of aryl methyl sites for hydroxylation is 1. The zero-order valence-electron chi connectivity index (χ0n) is 8.18. The molecule has 0 spiro atoms. The summed E-state index contributed by atoms with van der Waals surface area (Å²) in [6.45, 7) is 8.22. The normalized spacial score (nSPS) is 10.8. The third-order valence-electron chi connectivity index (χ3n) is 2.05. The van der Waals surface area contributed by atoms with E-state index in [4.69, 9.17) is 0 Å². The Labute approximate surface area is 90.9 Å². The summed E-state index contributed by atoms with van der Waals surface area (Å²) in [7, 11) is 0. The number of benzene rings is 1. The van der Waals surface area contributed by atoms with Gasteiger partial charge in [-0.2, -0.15) is 0 Å². The molecule has 0 unspecified atom stereocenters. The number of phenols is 1. The van der Waals surface area contributed by atoms with E-state index in [1.165, 1.54) is 0 Å². The van der Waals surface area contributed by atoms with Gasteiger partial charge in [-0.3, -0.25) is 0 Å². The van der Waals surface area contributed by atoms with Crippen molar-refractivity contribution in [3.8, 4) is 5.75 Å². The predicted octanol–water partition coefficient (Wildman–Crippen LogP) is 1.81. The van der Waals surface area contributed by atoms with Crippen molar-refractivity contribution in [2.45, 2.75) is 33.1 Å². The molecule has 72 valence electrons. The number of phenolic OH excluding ortho intramolecular Hbond substituents is 1. The molecule has 0 aliphatic carbocycles. The first-order valence-corrected chi connectivity index (χ1v) is 4.22. The van der Waals surface area contributed by atoms with Crippen molar-refractivity contribution in [1.82, 2.24) is 0 Å². The molecule has 1 rings (SSSR count). The Morgan fingerprint density at radius 2 is 1.69 bits per heavy atom. The fourth-order valence-electron chi connectivity index (χ4n) is 1.26. The molecule has 1 nitrogen and oxygen atoms in total. The van der Waals surface area contributed by atoms with Gasteiger partial charge in [0, 0.05) is 0 Å². The van der Waals surface area contributed by atoms with Gasteiger partial charge in [-0.25, -0.2) is 0 Å². The van der Waals surface area contributed by atoms with Gasteiger partial charge in [-0.15, -0.1) is 0 Å². The second kappa shape index (κ2) is 4.18. The molecular formula is C11H19AlO. The van der Waals surface area contributed by atoms with Crippen LogP contribution < -0.4 is 0 Å². The topological polar surface area (TPSA) is 20.2 Å². The highest BCUT2D eigenvalue weighted by Crippen LogP contribution is 2.32. The maximum absolute atomic E-state index is 9.73. The fraction of sp³-hybridized carbons (Fsp3) is 0.455. The molecule has 1 N–H and O–H groups in total. The van der Waals surface area contributed by atoms with Crippen LogP contribution in [0.3, 0.4) is 0 Å². The predicted molar refractivity (Wildman–Crippen MR) is 61.5 cm³/mol. The molecule has 0 fully saturated rings. The maximum Gasteiger partial charge on any atom is 0.187 e. The van der Waals surface area contributed by atoms with Gasteiger partial charge < -0.3 is 5.11 Å². The van der Waals surface area contributed by atoms with Gasteiger partial charge in [0.15, 0.2) is 17.4 Å². The minimum absolute atomic E-state index is 0. The molecule has 0 aliphatic heterocycles. The van der Waals surface area contributed by atoms with Crippen LogP contribution >= 0.6 is 0 Å². The van der Waals surface area contributed by atoms with Crippen molar-refractivity contribution in [3.63, 3.8) is 0 Å². The highest BCUT2D eigenvalue weighted by atomic mass is 27.0. The lowest BCUT2D eigenvalue weighted by molar-refractivity contribution is 0.443. The lowest BCUT2D eigenvalue weighted by Crippen LogP contribution is -2.11. The molecule has 0 amide bonds. The first kappa shape index (κ1) is 12.6. The van der Waals surface area contributed by atoms with E-state index in [0.29, 0.717) is 5.75 Å². The molecule has 0 saturated carbocycles. The van der Waals surface area contributed by atoms with E-state index in [9.17, 15) is 5.11 Å². The number of hydrogen-bond acceptors (Lipinski definition) is 1. The highest BCUT2D eigenvalue weighted by molar-refractivity contribution is 5.75. The quantitative estimate of drug-likeness (QED) is 0.624. The molecule has 13 heavy (non-hydrogen) atoms. The minimum atomic E-state index is 0. The summed E-state index contributed by atoms with van der Waals surface area (Å²) >= 11 is 0. The van der Waals surface area contributed by atoms with Crippen LogP contribution in [0.1, 0.15) is 31.9 Å². The van der Waals surface area contributed by atoms with Crippen LogP contribution in [-0.2, 0) is 5.41 Å². The lowest BCUT2D eigenvalue weighted by atomic mass is 9.85. The first-order chi connectivity index (χ1) is 5.43. The summed E-state index contributed by atoms with van der Waals surface area (Å²) in [4.78, 5) is 0. The molecule has 0 bridgehead atoms. The summed E-state index contributed by atoms with van der Waals surface area (Å²) < 4.78 is 0. The lowest BCUT2D eigenvalue weighted by Gasteiger charge is -2.20. The average molecular weight is 194 g/mol. The summed E-state index contributed by atoms with van der Waals surface area (Å²) in [5.41, 5.74) is 1.99. The molecule has 0 aromatic heterocycles. The number of para-hydroxylation sites is 1. The Morgan fingerprint density at radius 3 is 2.08 bits per heavy atom. The van der Waals surface area contributed by atoms with E-state index in [1.54, 1.807) is 0 Å². The van der Waals surface area contributed by atoms with Gasteiger partial charge in [0.25, 0.3) is 0 Å².